The fraction of sp³-hybridized carbons (Fsp3) is 0.353. The van der Waals surface area contributed by atoms with Gasteiger partial charge in [0.2, 0.25) is 5.91 Å². The number of carbonyl (C=O) groups excluding carboxylic acids is 3. The molecule has 24 heavy (non-hydrogen) atoms. The van der Waals surface area contributed by atoms with Gasteiger partial charge in [0.15, 0.2) is 0 Å². The summed E-state index contributed by atoms with van der Waals surface area (Å²) in [5.41, 5.74) is 1.40. The first-order valence-corrected chi connectivity index (χ1v) is 7.55. The Kier molecular flexibility index (Phi) is 5.95. The quantitative estimate of drug-likeness (QED) is 0.575. The highest BCUT2D eigenvalue weighted by Crippen LogP contribution is 2.19. The third kappa shape index (κ3) is 5.42. The van der Waals surface area contributed by atoms with Gasteiger partial charge in [-0.25, -0.2) is 9.59 Å². The maximum atomic E-state index is 11.8. The highest BCUT2D eigenvalue weighted by atomic mass is 16.5. The molecular formula is C17H20N2O5. The van der Waals surface area contributed by atoms with Crippen molar-refractivity contribution in [2.75, 3.05) is 19.5 Å². The molecule has 0 spiro atoms. The molecule has 1 aromatic carbocycles. The molecule has 128 valence electrons. The third-order valence-corrected chi connectivity index (χ3v) is 3.41. The third-order valence-electron chi connectivity index (χ3n) is 3.41. The number of rotatable bonds is 7. The molecular weight excluding hydrogens is 312 g/mol. The zero-order valence-electron chi connectivity index (χ0n) is 13.6. The Labute approximate surface area is 140 Å². The number of methoxy groups -OCH3 is 2. The van der Waals surface area contributed by atoms with E-state index in [0.29, 0.717) is 18.2 Å². The Morgan fingerprint density at radius 1 is 1.12 bits per heavy atom. The predicted molar refractivity (Wildman–Crippen MR) is 87.0 cm³/mol. The van der Waals surface area contributed by atoms with E-state index in [1.807, 2.05) is 0 Å². The van der Waals surface area contributed by atoms with E-state index in [2.05, 4.69) is 20.1 Å². The normalized spacial score (nSPS) is 13.8. The highest BCUT2D eigenvalue weighted by Gasteiger charge is 2.23. The molecule has 0 unspecified atom stereocenters. The van der Waals surface area contributed by atoms with Gasteiger partial charge in [0, 0.05) is 11.7 Å². The van der Waals surface area contributed by atoms with Gasteiger partial charge in [0.1, 0.15) is 5.70 Å². The minimum atomic E-state index is -0.687. The number of hydrogen-bond acceptors (Lipinski definition) is 6. The summed E-state index contributed by atoms with van der Waals surface area (Å²) < 4.78 is 9.12. The summed E-state index contributed by atoms with van der Waals surface area (Å²) in [4.78, 5) is 34.7. The zero-order chi connectivity index (χ0) is 17.5. The van der Waals surface area contributed by atoms with Crippen molar-refractivity contribution < 1.29 is 23.9 Å². The lowest BCUT2D eigenvalue weighted by Gasteiger charge is -2.10. The number of hydrogen-bond donors (Lipinski definition) is 2. The molecule has 0 saturated heterocycles. The van der Waals surface area contributed by atoms with Gasteiger partial charge in [0.05, 0.1) is 26.7 Å². The second-order valence-electron chi connectivity index (χ2n) is 5.41. The van der Waals surface area contributed by atoms with E-state index in [9.17, 15) is 14.4 Å². The van der Waals surface area contributed by atoms with Gasteiger partial charge in [-0.05, 0) is 30.5 Å². The van der Waals surface area contributed by atoms with Crippen LogP contribution in [-0.2, 0) is 30.3 Å². The molecule has 0 aliphatic heterocycles. The lowest BCUT2D eigenvalue weighted by Crippen LogP contribution is -2.26. The van der Waals surface area contributed by atoms with E-state index >= 15 is 0 Å². The molecule has 0 aromatic heterocycles. The molecule has 2 rings (SSSR count). The topological polar surface area (TPSA) is 93.7 Å². The Morgan fingerprint density at radius 3 is 2.33 bits per heavy atom. The van der Waals surface area contributed by atoms with E-state index in [4.69, 9.17) is 0 Å². The van der Waals surface area contributed by atoms with Crippen LogP contribution in [0.4, 0.5) is 5.69 Å². The first-order chi connectivity index (χ1) is 11.5. The van der Waals surface area contributed by atoms with Crippen molar-refractivity contribution in [1.82, 2.24) is 5.32 Å². The lowest BCUT2D eigenvalue weighted by molar-refractivity contribution is -0.138. The van der Waals surface area contributed by atoms with Crippen LogP contribution in [-0.4, -0.2) is 38.1 Å². The van der Waals surface area contributed by atoms with Gasteiger partial charge in [-0.2, -0.15) is 0 Å². The van der Waals surface area contributed by atoms with E-state index in [1.165, 1.54) is 14.2 Å². The van der Waals surface area contributed by atoms with Gasteiger partial charge in [-0.1, -0.05) is 12.1 Å². The number of nitrogens with one attached hydrogen (secondary N) is 2. The SMILES string of the molecule is COC(=O)/C=C(/Nc1ccc(CC(=O)NC2CC2)cc1)C(=O)OC. The van der Waals surface area contributed by atoms with Crippen LogP contribution in [0, 0.1) is 0 Å². The summed E-state index contributed by atoms with van der Waals surface area (Å²) in [5, 5.41) is 5.73. The Balaban J connectivity index is 1.99. The van der Waals surface area contributed by atoms with Crippen molar-refractivity contribution in [2.24, 2.45) is 0 Å². The van der Waals surface area contributed by atoms with Crippen LogP contribution in [0.2, 0.25) is 0 Å². The van der Waals surface area contributed by atoms with Crippen molar-refractivity contribution in [1.29, 1.82) is 0 Å². The molecule has 1 amide bonds. The molecule has 0 atom stereocenters. The Bertz CT molecular complexity index is 647. The van der Waals surface area contributed by atoms with Crippen molar-refractivity contribution in [2.45, 2.75) is 25.3 Å². The maximum absolute atomic E-state index is 11.8. The summed E-state index contributed by atoms with van der Waals surface area (Å²) in [7, 11) is 2.44. The van der Waals surface area contributed by atoms with Gasteiger partial charge >= 0.3 is 11.9 Å². The van der Waals surface area contributed by atoms with Gasteiger partial charge in [0.25, 0.3) is 0 Å². The molecule has 7 heteroatoms. The highest BCUT2D eigenvalue weighted by molar-refractivity contribution is 5.98. The fourth-order valence-electron chi connectivity index (χ4n) is 1.99. The Morgan fingerprint density at radius 2 is 1.79 bits per heavy atom. The van der Waals surface area contributed by atoms with Crippen molar-refractivity contribution in [3.8, 4) is 0 Å². The fourth-order valence-corrected chi connectivity index (χ4v) is 1.99. The molecule has 0 radical (unpaired) electrons. The van der Waals surface area contributed by atoms with Gasteiger partial charge in [-0.15, -0.1) is 0 Å². The number of amides is 1. The number of esters is 2. The number of benzene rings is 1. The van der Waals surface area contributed by atoms with E-state index in [-0.39, 0.29) is 11.6 Å². The number of ether oxygens (including phenoxy) is 2. The summed E-state index contributed by atoms with van der Waals surface area (Å²) in [5.74, 6) is -1.36. The zero-order valence-corrected chi connectivity index (χ0v) is 13.6. The van der Waals surface area contributed by atoms with E-state index in [0.717, 1.165) is 24.5 Å². The molecule has 0 heterocycles. The minimum Gasteiger partial charge on any atom is -0.466 e. The monoisotopic (exact) mass is 332 g/mol. The second-order valence-corrected chi connectivity index (χ2v) is 5.41. The first-order valence-electron chi connectivity index (χ1n) is 7.55. The Hall–Kier alpha value is -2.83. The number of carbonyl (C=O) groups is 3. The van der Waals surface area contributed by atoms with Crippen LogP contribution in [0.1, 0.15) is 18.4 Å². The van der Waals surface area contributed by atoms with Crippen LogP contribution in [0.25, 0.3) is 0 Å². The van der Waals surface area contributed by atoms with Crippen LogP contribution >= 0.6 is 0 Å². The summed E-state index contributed by atoms with van der Waals surface area (Å²) in [6.45, 7) is 0. The molecule has 0 bridgehead atoms. The predicted octanol–water partition coefficient (Wildman–Crippen LogP) is 1.15. The maximum Gasteiger partial charge on any atom is 0.354 e. The standard InChI is InChI=1S/C17H20N2O5/c1-23-16(21)10-14(17(22)24-2)18-12-5-3-11(4-6-12)9-15(20)19-13-7-8-13/h3-6,10,13,18H,7-9H2,1-2H3,(H,19,20)/b14-10+. The van der Waals surface area contributed by atoms with Crippen LogP contribution in [0.15, 0.2) is 36.0 Å². The smallest absolute Gasteiger partial charge is 0.354 e. The molecule has 1 fully saturated rings. The van der Waals surface area contributed by atoms with Crippen LogP contribution in [0.5, 0.6) is 0 Å². The van der Waals surface area contributed by atoms with Crippen LogP contribution < -0.4 is 10.6 Å². The minimum absolute atomic E-state index is 0.000883. The number of anilines is 1. The van der Waals surface area contributed by atoms with E-state index < -0.39 is 11.9 Å². The summed E-state index contributed by atoms with van der Waals surface area (Å²) in [6.07, 6.45) is 3.43. The van der Waals surface area contributed by atoms with E-state index in [1.54, 1.807) is 24.3 Å². The average Bonchev–Trinajstić information content (AvgIpc) is 3.38. The van der Waals surface area contributed by atoms with Crippen LogP contribution in [0.3, 0.4) is 0 Å². The van der Waals surface area contributed by atoms with Crippen molar-refractivity contribution in [3.63, 3.8) is 0 Å². The van der Waals surface area contributed by atoms with Crippen molar-refractivity contribution >= 4 is 23.5 Å². The molecule has 7 nitrogen and oxygen atoms in total. The largest absolute Gasteiger partial charge is 0.466 e. The van der Waals surface area contributed by atoms with Gasteiger partial charge in [-0.3, -0.25) is 4.79 Å². The molecule has 1 saturated carbocycles. The first kappa shape index (κ1) is 17.5. The second kappa shape index (κ2) is 8.14. The summed E-state index contributed by atoms with van der Waals surface area (Å²) >= 11 is 0. The van der Waals surface area contributed by atoms with Crippen molar-refractivity contribution in [3.05, 3.63) is 41.6 Å². The summed E-state index contributed by atoms with van der Waals surface area (Å²) in [6, 6.07) is 7.33. The average molecular weight is 332 g/mol. The molecule has 1 aliphatic rings. The lowest BCUT2D eigenvalue weighted by atomic mass is 10.1. The molecule has 2 N–H and O–H groups in total. The molecule has 1 aromatic rings. The van der Waals surface area contributed by atoms with Gasteiger partial charge < -0.3 is 20.1 Å². The molecule has 1 aliphatic carbocycles.